The van der Waals surface area contributed by atoms with Crippen molar-refractivity contribution in [2.75, 3.05) is 16.5 Å². The minimum absolute atomic E-state index is 0.00445. The quantitative estimate of drug-likeness (QED) is 0.170. The smallest absolute Gasteiger partial charge is 0.137 e. The van der Waals surface area contributed by atoms with Crippen molar-refractivity contribution < 1.29 is 11.6 Å². The van der Waals surface area contributed by atoms with E-state index in [-0.39, 0.29) is 40.6 Å². The number of rotatable bonds is 6. The molecular formula is C51H48N4O. The van der Waals surface area contributed by atoms with Gasteiger partial charge in [-0.15, -0.1) is 0 Å². The van der Waals surface area contributed by atoms with Crippen molar-refractivity contribution in [2.24, 2.45) is 0 Å². The second-order valence-electron chi connectivity index (χ2n) is 16.7. The molecule has 278 valence electrons. The summed E-state index contributed by atoms with van der Waals surface area (Å²) < 4.78 is 50.4. The molecular weight excluding hydrogens is 685 g/mol. The van der Waals surface area contributed by atoms with Crippen LogP contribution in [0.4, 0.5) is 22.7 Å². The Hall–Kier alpha value is -6.33. The standard InChI is InChI=1S/C51H48N4O/c1-34-26-49(52-32-44(34)35-16-9-8-10-17-35)55-45-21-12-11-20-42(45)43-25-24-41(31-48(43)55)56-40-19-15-18-38(30-40)53-33-54(47-23-14-13-22-46(47)53)39-28-36(50(2,3)4)27-37(29-39)51(5,6)7/h8-32H,33H2,1-7H3/i8D,9D,10D,16D,17D. The van der Waals surface area contributed by atoms with Crippen LogP contribution < -0.4 is 14.5 Å². The van der Waals surface area contributed by atoms with E-state index in [2.05, 4.69) is 129 Å². The third kappa shape index (κ3) is 6.37. The summed E-state index contributed by atoms with van der Waals surface area (Å²) in [6.45, 7) is 16.2. The van der Waals surface area contributed by atoms with Crippen molar-refractivity contribution in [1.29, 1.82) is 0 Å². The Morgan fingerprint density at radius 1 is 0.607 bits per heavy atom. The highest BCUT2D eigenvalue weighted by Crippen LogP contribution is 2.46. The van der Waals surface area contributed by atoms with Crippen LogP contribution in [0.5, 0.6) is 11.5 Å². The van der Waals surface area contributed by atoms with Crippen molar-refractivity contribution in [2.45, 2.75) is 59.3 Å². The lowest BCUT2D eigenvalue weighted by Gasteiger charge is -2.29. The lowest BCUT2D eigenvalue weighted by atomic mass is 9.80. The number of hydrogen-bond acceptors (Lipinski definition) is 4. The highest BCUT2D eigenvalue weighted by Gasteiger charge is 2.30. The Bertz CT molecular complexity index is 2990. The van der Waals surface area contributed by atoms with Gasteiger partial charge in [0.25, 0.3) is 0 Å². The van der Waals surface area contributed by atoms with E-state index in [9.17, 15) is 0 Å². The lowest BCUT2D eigenvalue weighted by Crippen LogP contribution is -2.25. The van der Waals surface area contributed by atoms with Crippen molar-refractivity contribution >= 4 is 44.6 Å². The van der Waals surface area contributed by atoms with Gasteiger partial charge < -0.3 is 14.5 Å². The van der Waals surface area contributed by atoms with Crippen LogP contribution in [0.1, 0.15) is 65.1 Å². The van der Waals surface area contributed by atoms with Crippen LogP contribution in [0.2, 0.25) is 0 Å². The first kappa shape index (κ1) is 30.0. The van der Waals surface area contributed by atoms with Crippen LogP contribution in [0.3, 0.4) is 0 Å². The van der Waals surface area contributed by atoms with Gasteiger partial charge >= 0.3 is 0 Å². The molecule has 3 heterocycles. The number of benzene rings is 6. The van der Waals surface area contributed by atoms with Crippen molar-refractivity contribution in [3.63, 3.8) is 0 Å². The van der Waals surface area contributed by atoms with Crippen LogP contribution in [0.25, 0.3) is 38.8 Å². The van der Waals surface area contributed by atoms with E-state index >= 15 is 0 Å². The summed E-state index contributed by atoms with van der Waals surface area (Å²) in [5.74, 6) is 2.01. The third-order valence-electron chi connectivity index (χ3n) is 10.8. The average Bonchev–Trinajstić information content (AvgIpc) is 3.78. The van der Waals surface area contributed by atoms with E-state index in [4.69, 9.17) is 16.6 Å². The molecule has 0 radical (unpaired) electrons. The number of aryl methyl sites for hydroxylation is 1. The molecule has 0 saturated heterocycles. The van der Waals surface area contributed by atoms with Crippen molar-refractivity contribution in [1.82, 2.24) is 9.55 Å². The van der Waals surface area contributed by atoms with E-state index in [0.29, 0.717) is 29.5 Å². The predicted molar refractivity (Wildman–Crippen MR) is 235 cm³/mol. The molecule has 0 N–H and O–H groups in total. The van der Waals surface area contributed by atoms with Gasteiger partial charge in [-0.2, -0.15) is 0 Å². The van der Waals surface area contributed by atoms with Crippen LogP contribution in [0.15, 0.2) is 152 Å². The molecule has 6 aromatic carbocycles. The summed E-state index contributed by atoms with van der Waals surface area (Å²) in [6.07, 6.45) is 1.60. The van der Waals surface area contributed by atoms with Crippen LogP contribution >= 0.6 is 0 Å². The number of anilines is 4. The van der Waals surface area contributed by atoms with Crippen LogP contribution in [-0.2, 0) is 10.8 Å². The predicted octanol–water partition coefficient (Wildman–Crippen LogP) is 13.8. The van der Waals surface area contributed by atoms with Crippen LogP contribution in [0, 0.1) is 6.92 Å². The van der Waals surface area contributed by atoms with E-state index < -0.39 is 6.04 Å². The first-order valence-electron chi connectivity index (χ1n) is 21.6. The number of fused-ring (bicyclic) bond motifs is 4. The number of ether oxygens (including phenoxy) is 1. The number of nitrogens with zero attached hydrogens (tertiary/aromatic N) is 4. The Balaban J connectivity index is 1.07. The van der Waals surface area contributed by atoms with Crippen LogP contribution in [-0.4, -0.2) is 16.2 Å². The summed E-state index contributed by atoms with van der Waals surface area (Å²) in [6, 6.07) is 38.4. The average molecular weight is 738 g/mol. The first-order valence-corrected chi connectivity index (χ1v) is 19.1. The summed E-state index contributed by atoms with van der Waals surface area (Å²) in [5, 5.41) is 2.09. The molecule has 0 spiro atoms. The largest absolute Gasteiger partial charge is 0.457 e. The zero-order valence-corrected chi connectivity index (χ0v) is 33.0. The van der Waals surface area contributed by atoms with E-state index in [1.807, 2.05) is 49.4 Å². The maximum Gasteiger partial charge on any atom is 0.137 e. The van der Waals surface area contributed by atoms with Gasteiger partial charge in [-0.3, -0.25) is 4.57 Å². The lowest BCUT2D eigenvalue weighted by molar-refractivity contribution is 0.483. The van der Waals surface area contributed by atoms with Gasteiger partial charge in [0, 0.05) is 46.0 Å². The number of hydrogen-bond donors (Lipinski definition) is 0. The molecule has 0 amide bonds. The molecule has 0 aliphatic carbocycles. The monoisotopic (exact) mass is 737 g/mol. The zero-order chi connectivity index (χ0) is 43.1. The summed E-state index contributed by atoms with van der Waals surface area (Å²) >= 11 is 0. The second kappa shape index (κ2) is 13.5. The highest BCUT2D eigenvalue weighted by molar-refractivity contribution is 6.09. The Morgan fingerprint density at radius 3 is 1.95 bits per heavy atom. The maximum atomic E-state index is 8.56. The Morgan fingerprint density at radius 2 is 1.25 bits per heavy atom. The molecule has 1 aliphatic rings. The topological polar surface area (TPSA) is 33.5 Å². The Labute approximate surface area is 337 Å². The Kier molecular flexibility index (Phi) is 7.20. The van der Waals surface area contributed by atoms with E-state index in [1.54, 1.807) is 6.20 Å². The molecule has 1 aliphatic heterocycles. The molecule has 0 saturated carbocycles. The molecule has 8 aromatic rings. The van der Waals surface area contributed by atoms with E-state index in [0.717, 1.165) is 44.4 Å². The maximum absolute atomic E-state index is 8.56. The molecule has 9 rings (SSSR count). The number of para-hydroxylation sites is 3. The van der Waals surface area contributed by atoms with Gasteiger partial charge in [0.05, 0.1) is 29.3 Å². The number of pyridine rings is 1. The second-order valence-corrected chi connectivity index (χ2v) is 16.7. The van der Waals surface area contributed by atoms with Gasteiger partial charge in [0.2, 0.25) is 0 Å². The molecule has 0 atom stereocenters. The zero-order valence-electron chi connectivity index (χ0n) is 38.0. The van der Waals surface area contributed by atoms with Crippen molar-refractivity contribution in [3.8, 4) is 28.4 Å². The SMILES string of the molecule is [2H]c1c([2H])c([2H])c(-c2cnc(-n3c4ccccc4c4ccc(Oc5cccc(N6CN(c7cc(C(C)(C)C)cc(C(C)(C)C)c7)c7ccccc76)c5)cc43)cc2C)c([2H])c1[2H]. The molecule has 5 heteroatoms. The van der Waals surface area contributed by atoms with Gasteiger partial charge in [0.15, 0.2) is 0 Å². The molecule has 0 bridgehead atoms. The van der Waals surface area contributed by atoms with Gasteiger partial charge in [-0.25, -0.2) is 4.98 Å². The van der Waals surface area contributed by atoms with Gasteiger partial charge in [-0.1, -0.05) is 114 Å². The molecule has 0 fully saturated rings. The summed E-state index contributed by atoms with van der Waals surface area (Å²) in [7, 11) is 0. The molecule has 5 nitrogen and oxygen atoms in total. The third-order valence-corrected chi connectivity index (χ3v) is 10.8. The van der Waals surface area contributed by atoms with E-state index in [1.165, 1.54) is 16.8 Å². The van der Waals surface area contributed by atoms with Gasteiger partial charge in [0.1, 0.15) is 24.0 Å². The summed E-state index contributed by atoms with van der Waals surface area (Å²) in [4.78, 5) is 9.60. The molecule has 2 aromatic heterocycles. The molecule has 56 heavy (non-hydrogen) atoms. The minimum Gasteiger partial charge on any atom is -0.457 e. The fraction of sp³-hybridized carbons (Fsp3) is 0.196. The normalized spacial score (nSPS) is 14.4. The minimum atomic E-state index is -0.420. The fourth-order valence-corrected chi connectivity index (χ4v) is 7.71. The fourth-order valence-electron chi connectivity index (χ4n) is 7.71. The van der Waals surface area contributed by atoms with Gasteiger partial charge in [-0.05, 0) is 101 Å². The first-order chi connectivity index (χ1) is 29.0. The van der Waals surface area contributed by atoms with Crippen molar-refractivity contribution in [3.05, 3.63) is 168 Å². The highest BCUT2D eigenvalue weighted by atomic mass is 16.5. The number of aromatic nitrogens is 2. The molecule has 0 unspecified atom stereocenters. The summed E-state index contributed by atoms with van der Waals surface area (Å²) in [5.41, 5.74) is 10.3.